The van der Waals surface area contributed by atoms with E-state index in [4.69, 9.17) is 4.74 Å². The van der Waals surface area contributed by atoms with E-state index in [2.05, 4.69) is 10.6 Å². The lowest BCUT2D eigenvalue weighted by atomic mass is 10.2. The van der Waals surface area contributed by atoms with Crippen LogP contribution in [0.25, 0.3) is 0 Å². The number of halogens is 1. The van der Waals surface area contributed by atoms with Crippen LogP contribution in [0.15, 0.2) is 41.3 Å². The lowest BCUT2D eigenvalue weighted by Gasteiger charge is -2.19. The maximum absolute atomic E-state index is 13.4. The molecule has 0 radical (unpaired) electrons. The highest BCUT2D eigenvalue weighted by molar-refractivity contribution is 7.89. The summed E-state index contributed by atoms with van der Waals surface area (Å²) in [6.45, 7) is 5.86. The summed E-state index contributed by atoms with van der Waals surface area (Å²) in [5.74, 6) is -0.502. The first-order valence-electron chi connectivity index (χ1n) is 9.21. The van der Waals surface area contributed by atoms with Gasteiger partial charge in [0.25, 0.3) is 0 Å². The molecule has 2 aromatic rings. The largest absolute Gasteiger partial charge is 0.495 e. The Hall–Kier alpha value is -2.65. The van der Waals surface area contributed by atoms with Gasteiger partial charge in [0.1, 0.15) is 11.6 Å². The van der Waals surface area contributed by atoms with E-state index in [-0.39, 0.29) is 17.1 Å². The summed E-state index contributed by atoms with van der Waals surface area (Å²) >= 11 is 0. The molecule has 0 bridgehead atoms. The second-order valence-electron chi connectivity index (χ2n) is 6.31. The third-order valence-corrected chi connectivity index (χ3v) is 6.47. The van der Waals surface area contributed by atoms with Crippen LogP contribution in [-0.4, -0.2) is 45.4 Å². The molecule has 0 saturated carbocycles. The average molecular weight is 424 g/mol. The van der Waals surface area contributed by atoms with Crippen molar-refractivity contribution >= 4 is 27.3 Å². The van der Waals surface area contributed by atoms with Crippen molar-refractivity contribution in [2.75, 3.05) is 37.4 Å². The molecule has 0 spiro atoms. The number of nitrogens with zero attached hydrogens (tertiary/aromatic N) is 1. The van der Waals surface area contributed by atoms with E-state index in [1.807, 2.05) is 0 Å². The molecule has 0 atom stereocenters. The van der Waals surface area contributed by atoms with Crippen molar-refractivity contribution in [2.45, 2.75) is 25.7 Å². The van der Waals surface area contributed by atoms with Gasteiger partial charge in [0, 0.05) is 18.8 Å². The average Bonchev–Trinajstić information content (AvgIpc) is 2.69. The fourth-order valence-corrected chi connectivity index (χ4v) is 4.30. The summed E-state index contributed by atoms with van der Waals surface area (Å²) in [6.07, 6.45) is 0. The van der Waals surface area contributed by atoms with Crippen molar-refractivity contribution in [3.63, 3.8) is 0 Å². The molecule has 0 aliphatic carbocycles. The van der Waals surface area contributed by atoms with Crippen LogP contribution in [0.1, 0.15) is 19.4 Å². The van der Waals surface area contributed by atoms with Crippen molar-refractivity contribution in [3.8, 4) is 5.75 Å². The van der Waals surface area contributed by atoms with Gasteiger partial charge >= 0.3 is 0 Å². The van der Waals surface area contributed by atoms with Crippen LogP contribution in [0.5, 0.6) is 5.75 Å². The van der Waals surface area contributed by atoms with E-state index in [9.17, 15) is 17.6 Å². The van der Waals surface area contributed by atoms with Gasteiger partial charge in [-0.15, -0.1) is 0 Å². The fraction of sp³-hybridized carbons (Fsp3) is 0.350. The summed E-state index contributed by atoms with van der Waals surface area (Å²) < 4.78 is 45.4. The molecule has 9 heteroatoms. The Balaban J connectivity index is 2.20. The highest BCUT2D eigenvalue weighted by Crippen LogP contribution is 2.29. The van der Waals surface area contributed by atoms with Gasteiger partial charge in [0.05, 0.1) is 24.2 Å². The molecular formula is C20H26FN3O4S. The molecule has 2 aromatic carbocycles. The Bertz CT molecular complexity index is 976. The molecular weight excluding hydrogens is 397 g/mol. The number of carbonyl (C=O) groups is 1. The number of hydrogen-bond donors (Lipinski definition) is 2. The van der Waals surface area contributed by atoms with Crippen molar-refractivity contribution in [1.82, 2.24) is 4.31 Å². The zero-order valence-corrected chi connectivity index (χ0v) is 17.8. The van der Waals surface area contributed by atoms with Gasteiger partial charge in [-0.2, -0.15) is 4.31 Å². The molecule has 0 heterocycles. The van der Waals surface area contributed by atoms with Crippen molar-refractivity contribution in [3.05, 3.63) is 47.8 Å². The second-order valence-corrected chi connectivity index (χ2v) is 8.25. The molecule has 29 heavy (non-hydrogen) atoms. The summed E-state index contributed by atoms with van der Waals surface area (Å²) in [5.41, 5.74) is 1.54. The summed E-state index contributed by atoms with van der Waals surface area (Å²) in [6, 6.07) is 8.57. The highest BCUT2D eigenvalue weighted by atomic mass is 32.2. The summed E-state index contributed by atoms with van der Waals surface area (Å²) in [5, 5.41) is 5.52. The third kappa shape index (κ3) is 5.45. The predicted molar refractivity (Wildman–Crippen MR) is 111 cm³/mol. The molecule has 0 aliphatic heterocycles. The van der Waals surface area contributed by atoms with Crippen LogP contribution in [0.4, 0.5) is 15.8 Å². The van der Waals surface area contributed by atoms with E-state index in [0.717, 1.165) is 5.56 Å². The minimum Gasteiger partial charge on any atom is -0.495 e. The fourth-order valence-electron chi connectivity index (χ4n) is 2.81. The number of rotatable bonds is 9. The number of methoxy groups -OCH3 is 1. The smallest absolute Gasteiger partial charge is 0.243 e. The zero-order chi connectivity index (χ0) is 21.6. The number of hydrogen-bond acceptors (Lipinski definition) is 5. The van der Waals surface area contributed by atoms with Crippen LogP contribution < -0.4 is 15.4 Å². The zero-order valence-electron chi connectivity index (χ0n) is 17.0. The maximum atomic E-state index is 13.4. The second kappa shape index (κ2) is 9.71. The van der Waals surface area contributed by atoms with E-state index >= 15 is 0 Å². The lowest BCUT2D eigenvalue weighted by Crippen LogP contribution is -2.30. The number of aryl methyl sites for hydroxylation is 1. The van der Waals surface area contributed by atoms with E-state index < -0.39 is 21.7 Å². The van der Waals surface area contributed by atoms with Crippen LogP contribution in [0.3, 0.4) is 0 Å². The molecule has 0 unspecified atom stereocenters. The van der Waals surface area contributed by atoms with Crippen molar-refractivity contribution in [1.29, 1.82) is 0 Å². The maximum Gasteiger partial charge on any atom is 0.243 e. The Labute approximate surface area is 170 Å². The number of sulfonamides is 1. The Morgan fingerprint density at radius 2 is 1.79 bits per heavy atom. The van der Waals surface area contributed by atoms with E-state index in [0.29, 0.717) is 24.5 Å². The minimum absolute atomic E-state index is 0.0613. The van der Waals surface area contributed by atoms with Gasteiger partial charge in [0.15, 0.2) is 0 Å². The van der Waals surface area contributed by atoms with Crippen LogP contribution in [-0.2, 0) is 14.8 Å². The SMILES string of the molecule is CCN(CC)S(=O)(=O)c1ccc(OC)c(NC(=O)CNc2cc(F)ccc2C)c1. The normalized spacial score (nSPS) is 11.4. The molecule has 7 nitrogen and oxygen atoms in total. The molecule has 2 N–H and O–H groups in total. The lowest BCUT2D eigenvalue weighted by molar-refractivity contribution is -0.114. The number of amides is 1. The summed E-state index contributed by atoms with van der Waals surface area (Å²) in [7, 11) is -2.25. The predicted octanol–water partition coefficient (Wildman–Crippen LogP) is 3.22. The number of ether oxygens (including phenoxy) is 1. The van der Waals surface area contributed by atoms with Crippen LogP contribution >= 0.6 is 0 Å². The number of carbonyl (C=O) groups excluding carboxylic acids is 1. The van der Waals surface area contributed by atoms with Gasteiger partial charge in [-0.05, 0) is 42.8 Å². The molecule has 0 aliphatic rings. The third-order valence-electron chi connectivity index (χ3n) is 4.43. The standard InChI is InChI=1S/C20H26FN3O4S/c1-5-24(6-2)29(26,27)16-9-10-19(28-4)18(12-16)23-20(25)13-22-17-11-15(21)8-7-14(17)3/h7-12,22H,5-6,13H2,1-4H3,(H,23,25). The minimum atomic E-state index is -3.68. The topological polar surface area (TPSA) is 87.7 Å². The Morgan fingerprint density at radius 1 is 1.10 bits per heavy atom. The quantitative estimate of drug-likeness (QED) is 0.647. The molecule has 158 valence electrons. The monoisotopic (exact) mass is 423 g/mol. The number of anilines is 2. The molecule has 2 rings (SSSR count). The molecule has 1 amide bonds. The number of nitrogens with one attached hydrogen (secondary N) is 2. The Kier molecular flexibility index (Phi) is 7.58. The van der Waals surface area contributed by atoms with Crippen LogP contribution in [0, 0.1) is 12.7 Å². The first-order chi connectivity index (χ1) is 13.7. The van der Waals surface area contributed by atoms with Gasteiger partial charge in [0.2, 0.25) is 15.9 Å². The first kappa shape index (κ1) is 22.6. The highest BCUT2D eigenvalue weighted by Gasteiger charge is 2.23. The summed E-state index contributed by atoms with van der Waals surface area (Å²) in [4.78, 5) is 12.4. The van der Waals surface area contributed by atoms with E-state index in [1.165, 1.54) is 41.7 Å². The van der Waals surface area contributed by atoms with Gasteiger partial charge in [-0.3, -0.25) is 4.79 Å². The number of benzene rings is 2. The van der Waals surface area contributed by atoms with Gasteiger partial charge < -0.3 is 15.4 Å². The van der Waals surface area contributed by atoms with Crippen LogP contribution in [0.2, 0.25) is 0 Å². The molecule has 0 fully saturated rings. The first-order valence-corrected chi connectivity index (χ1v) is 10.6. The molecule has 0 aromatic heterocycles. The van der Waals surface area contributed by atoms with Gasteiger partial charge in [-0.25, -0.2) is 12.8 Å². The Morgan fingerprint density at radius 3 is 2.41 bits per heavy atom. The van der Waals surface area contributed by atoms with E-state index in [1.54, 1.807) is 26.8 Å². The van der Waals surface area contributed by atoms with Crippen molar-refractivity contribution < 1.29 is 22.3 Å². The molecule has 0 saturated heterocycles. The van der Waals surface area contributed by atoms with Gasteiger partial charge in [-0.1, -0.05) is 19.9 Å². The van der Waals surface area contributed by atoms with Crippen molar-refractivity contribution in [2.24, 2.45) is 0 Å².